The maximum atomic E-state index is 12.0. The summed E-state index contributed by atoms with van der Waals surface area (Å²) in [6.07, 6.45) is 27.0. The van der Waals surface area contributed by atoms with Crippen LogP contribution in [0.2, 0.25) is 0 Å². The van der Waals surface area contributed by atoms with Crippen molar-refractivity contribution < 1.29 is 4.79 Å². The van der Waals surface area contributed by atoms with E-state index in [1.807, 2.05) is 0 Å². The topological polar surface area (TPSA) is 32.3 Å². The van der Waals surface area contributed by atoms with Crippen molar-refractivity contribution in [2.45, 2.75) is 142 Å². The Morgan fingerprint density at radius 2 is 0.871 bits per heavy atom. The number of unbranched alkanes of at least 4 members (excludes halogenated alkanes) is 18. The number of amides is 2. The van der Waals surface area contributed by atoms with Gasteiger partial charge in [0.2, 0.25) is 0 Å². The van der Waals surface area contributed by atoms with Crippen molar-refractivity contribution in [3.8, 4) is 0 Å². The lowest BCUT2D eigenvalue weighted by Gasteiger charge is -2.18. The van der Waals surface area contributed by atoms with Gasteiger partial charge in [-0.05, 0) is 36.7 Å². The van der Waals surface area contributed by atoms with Crippen LogP contribution in [0.3, 0.4) is 0 Å². The van der Waals surface area contributed by atoms with E-state index in [1.165, 1.54) is 128 Å². The van der Waals surface area contributed by atoms with Crippen molar-refractivity contribution in [3.63, 3.8) is 0 Å². The molecule has 31 heavy (non-hydrogen) atoms. The van der Waals surface area contributed by atoms with E-state index < -0.39 is 0 Å². The first kappa shape index (κ1) is 31.3. The number of rotatable bonds is 24. The van der Waals surface area contributed by atoms with Gasteiger partial charge in [0.25, 0.3) is 0 Å². The van der Waals surface area contributed by atoms with Crippen LogP contribution in [0.15, 0.2) is 0 Å². The van der Waals surface area contributed by atoms with Crippen molar-refractivity contribution in [3.05, 3.63) is 0 Å². The quantitative estimate of drug-likeness (QED) is 0.0798. The van der Waals surface area contributed by atoms with Crippen molar-refractivity contribution >= 4 is 42.7 Å². The molecule has 0 heterocycles. The van der Waals surface area contributed by atoms with Crippen LogP contribution in [-0.2, 0) is 0 Å². The van der Waals surface area contributed by atoms with E-state index in [0.717, 1.165) is 11.5 Å². The lowest BCUT2D eigenvalue weighted by atomic mass is 10.1. The van der Waals surface area contributed by atoms with Gasteiger partial charge in [0.05, 0.1) is 0 Å². The van der Waals surface area contributed by atoms with Gasteiger partial charge < -0.3 is 0 Å². The Hall–Kier alpha value is 0.320. The molecule has 0 aromatic carbocycles. The Morgan fingerprint density at radius 1 is 0.581 bits per heavy atom. The Kier molecular flexibility index (Phi) is 26.8. The van der Waals surface area contributed by atoms with Crippen LogP contribution in [0, 0.1) is 0 Å². The molecule has 1 N–H and O–H groups in total. The van der Waals surface area contributed by atoms with E-state index in [1.54, 1.807) is 27.6 Å². The fourth-order valence-electron chi connectivity index (χ4n) is 3.67. The largest absolute Gasteiger partial charge is 0.347 e. The molecule has 0 atom stereocenters. The monoisotopic (exact) mass is 492 g/mol. The molecule has 0 bridgehead atoms. The fraction of sp³-hybridized carbons (Fsp3) is 0.960. The summed E-state index contributed by atoms with van der Waals surface area (Å²) >= 11 is 7.25. The van der Waals surface area contributed by atoms with Crippen LogP contribution in [0.1, 0.15) is 142 Å². The molecule has 0 radical (unpaired) electrons. The normalized spacial score (nSPS) is 11.1. The lowest BCUT2D eigenvalue weighted by Crippen LogP contribution is -2.25. The molecule has 0 saturated heterocycles. The number of hydrogen-bond acceptors (Lipinski definition) is 4. The van der Waals surface area contributed by atoms with Gasteiger partial charge in [0, 0.05) is 11.5 Å². The SMILES string of the molecule is CCCCCCCCCCCCSN(SCCCCCCCCCCCC)C(=O)NS. The number of hydrogen-bond donors (Lipinski definition) is 2. The highest BCUT2D eigenvalue weighted by Gasteiger charge is 2.13. The standard InChI is InChI=1S/C25H52N2OS3/c1-3-5-7-9-11-13-15-17-19-21-23-30-27(25(28)26-29)31-24-22-20-18-16-14-12-10-8-6-4-2/h29H,3-24H2,1-2H3,(H,26,28). The number of carbonyl (C=O) groups is 1. The van der Waals surface area contributed by atoms with E-state index in [2.05, 4.69) is 31.4 Å². The van der Waals surface area contributed by atoms with E-state index in [-0.39, 0.29) is 6.03 Å². The highest BCUT2D eigenvalue weighted by Crippen LogP contribution is 2.25. The predicted molar refractivity (Wildman–Crippen MR) is 148 cm³/mol. The Morgan fingerprint density at radius 3 is 1.16 bits per heavy atom. The number of carbonyl (C=O) groups excluding carboxylic acids is 1. The van der Waals surface area contributed by atoms with Crippen molar-refractivity contribution in [2.75, 3.05) is 11.5 Å². The van der Waals surface area contributed by atoms with Gasteiger partial charge in [-0.2, -0.15) is 0 Å². The molecule has 2 amide bonds. The molecule has 0 rings (SSSR count). The van der Waals surface area contributed by atoms with E-state index in [0.29, 0.717) is 0 Å². The molecule has 0 saturated carbocycles. The van der Waals surface area contributed by atoms with E-state index >= 15 is 0 Å². The maximum Gasteiger partial charge on any atom is 0.347 e. The zero-order valence-electron chi connectivity index (χ0n) is 20.7. The summed E-state index contributed by atoms with van der Waals surface area (Å²) in [6.45, 7) is 4.55. The van der Waals surface area contributed by atoms with Gasteiger partial charge in [-0.3, -0.25) is 4.72 Å². The Bertz CT molecular complexity index is 347. The lowest BCUT2D eigenvalue weighted by molar-refractivity contribution is 0.244. The molecule has 0 fully saturated rings. The predicted octanol–water partition coefficient (Wildman–Crippen LogP) is 9.98. The zero-order valence-corrected chi connectivity index (χ0v) is 23.2. The third-order valence-corrected chi connectivity index (χ3v) is 8.24. The van der Waals surface area contributed by atoms with Crippen LogP contribution in [-0.4, -0.2) is 21.2 Å². The Balaban J connectivity index is 3.57. The molecule has 0 aromatic heterocycles. The van der Waals surface area contributed by atoms with Gasteiger partial charge in [-0.1, -0.05) is 142 Å². The summed E-state index contributed by atoms with van der Waals surface area (Å²) in [7, 11) is 0. The molecule has 0 aliphatic carbocycles. The minimum absolute atomic E-state index is 0.0995. The Labute approximate surface area is 209 Å². The molecule has 6 heteroatoms. The van der Waals surface area contributed by atoms with Gasteiger partial charge in [0.15, 0.2) is 0 Å². The highest BCUT2D eigenvalue weighted by atomic mass is 32.2. The number of nitrogens with zero attached hydrogens (tertiary/aromatic N) is 1. The molecule has 186 valence electrons. The molecule has 0 unspecified atom stereocenters. The average molecular weight is 493 g/mol. The first-order valence-electron chi connectivity index (χ1n) is 13.3. The fourth-order valence-corrected chi connectivity index (χ4v) is 5.97. The summed E-state index contributed by atoms with van der Waals surface area (Å²) in [5.74, 6) is 2.03. The molecule has 3 nitrogen and oxygen atoms in total. The van der Waals surface area contributed by atoms with E-state index in [9.17, 15) is 4.79 Å². The first-order valence-corrected chi connectivity index (χ1v) is 15.6. The molecule has 0 spiro atoms. The summed E-state index contributed by atoms with van der Waals surface area (Å²) in [5, 5.41) is 0. The third-order valence-electron chi connectivity index (χ3n) is 5.67. The molecular formula is C25H52N2OS3. The minimum Gasteiger partial charge on any atom is -0.283 e. The summed E-state index contributed by atoms with van der Waals surface area (Å²) in [4.78, 5) is 12.0. The van der Waals surface area contributed by atoms with E-state index in [4.69, 9.17) is 0 Å². The van der Waals surface area contributed by atoms with Crippen molar-refractivity contribution in [1.82, 2.24) is 8.43 Å². The summed E-state index contributed by atoms with van der Waals surface area (Å²) in [6, 6.07) is -0.0995. The van der Waals surface area contributed by atoms with Gasteiger partial charge in [0.1, 0.15) is 0 Å². The number of thiol groups is 1. The second-order valence-electron chi connectivity index (χ2n) is 8.70. The van der Waals surface area contributed by atoms with Gasteiger partial charge in [-0.15, -0.1) is 0 Å². The average Bonchev–Trinajstić information content (AvgIpc) is 2.79. The first-order chi connectivity index (χ1) is 15.3. The molecule has 0 aliphatic rings. The minimum atomic E-state index is -0.0995. The smallest absolute Gasteiger partial charge is 0.283 e. The second-order valence-corrected chi connectivity index (χ2v) is 11.2. The van der Waals surface area contributed by atoms with Gasteiger partial charge >= 0.3 is 6.03 Å². The molecular weight excluding hydrogens is 440 g/mol. The molecule has 0 aliphatic heterocycles. The van der Waals surface area contributed by atoms with Crippen LogP contribution in [0.5, 0.6) is 0 Å². The van der Waals surface area contributed by atoms with Crippen molar-refractivity contribution in [1.29, 1.82) is 0 Å². The molecule has 0 aromatic rings. The van der Waals surface area contributed by atoms with Crippen LogP contribution < -0.4 is 4.72 Å². The van der Waals surface area contributed by atoms with Crippen LogP contribution >= 0.6 is 36.7 Å². The van der Waals surface area contributed by atoms with Crippen LogP contribution in [0.4, 0.5) is 4.79 Å². The summed E-state index contributed by atoms with van der Waals surface area (Å²) < 4.78 is 4.28. The third kappa shape index (κ3) is 23.3. The highest BCUT2D eigenvalue weighted by molar-refractivity contribution is 8.12. The summed E-state index contributed by atoms with van der Waals surface area (Å²) in [5.41, 5.74) is 0. The van der Waals surface area contributed by atoms with Crippen LogP contribution in [0.25, 0.3) is 0 Å². The maximum absolute atomic E-state index is 12.0. The second kappa shape index (κ2) is 26.6. The zero-order chi connectivity index (χ0) is 22.8. The van der Waals surface area contributed by atoms with Crippen molar-refractivity contribution in [2.24, 2.45) is 0 Å². The van der Waals surface area contributed by atoms with Gasteiger partial charge in [-0.25, -0.2) is 8.51 Å². The number of urea groups is 1. The number of nitrogens with one attached hydrogen (secondary N) is 1.